The Kier molecular flexibility index (Phi) is 8.02. The van der Waals surface area contributed by atoms with E-state index in [1.165, 1.54) is 23.3 Å². The van der Waals surface area contributed by atoms with E-state index >= 15 is 4.39 Å². The molecule has 0 spiro atoms. The summed E-state index contributed by atoms with van der Waals surface area (Å²) in [6, 6.07) is 35.1. The molecule has 1 saturated heterocycles. The highest BCUT2D eigenvalue weighted by Crippen LogP contribution is 2.35. The molecule has 1 aliphatic heterocycles. The number of nitrogens with zero attached hydrogens (tertiary/aromatic N) is 3. The quantitative estimate of drug-likeness (QED) is 0.196. The Morgan fingerprint density at radius 3 is 1.93 bits per heavy atom. The highest BCUT2D eigenvalue weighted by Gasteiger charge is 2.28. The van der Waals surface area contributed by atoms with Crippen LogP contribution in [0.15, 0.2) is 109 Å². The van der Waals surface area contributed by atoms with Gasteiger partial charge in [0.1, 0.15) is 11.6 Å². The molecule has 0 N–H and O–H groups in total. The smallest absolute Gasteiger partial charge is 0.150 e. The number of rotatable bonds is 7. The average Bonchev–Trinajstić information content (AvgIpc) is 3.30. The number of hydrogen-bond donors (Lipinski definition) is 0. The van der Waals surface area contributed by atoms with E-state index in [9.17, 15) is 4.39 Å². The molecular weight excluding hydrogens is 536 g/mol. The van der Waals surface area contributed by atoms with Gasteiger partial charge in [-0.15, -0.1) is 0 Å². The van der Waals surface area contributed by atoms with E-state index in [0.29, 0.717) is 10.7 Å². The molecule has 0 unspecified atom stereocenters. The lowest BCUT2D eigenvalue weighted by atomic mass is 9.96. The van der Waals surface area contributed by atoms with Gasteiger partial charge < -0.3 is 4.57 Å². The van der Waals surface area contributed by atoms with Crippen molar-refractivity contribution in [1.29, 1.82) is 0 Å². The number of aromatic nitrogens is 1. The maximum atomic E-state index is 15.0. The second-order valence-electron chi connectivity index (χ2n) is 10.6. The minimum absolute atomic E-state index is 0.203. The van der Waals surface area contributed by atoms with E-state index in [1.807, 2.05) is 35.8 Å². The molecule has 41 heavy (non-hydrogen) atoms. The predicted octanol–water partition coefficient (Wildman–Crippen LogP) is 8.29. The van der Waals surface area contributed by atoms with E-state index in [2.05, 4.69) is 76.5 Å². The van der Waals surface area contributed by atoms with Crippen molar-refractivity contribution in [1.82, 2.24) is 14.4 Å². The Hall–Kier alpha value is -3.77. The first kappa shape index (κ1) is 27.4. The first-order valence-electron chi connectivity index (χ1n) is 14.0. The lowest BCUT2D eigenvalue weighted by molar-refractivity contribution is 0.105. The summed E-state index contributed by atoms with van der Waals surface area (Å²) in [4.78, 5) is 5.02. The summed E-state index contributed by atoms with van der Waals surface area (Å²) in [5, 5.41) is 0.639. The zero-order chi connectivity index (χ0) is 28.3. The highest BCUT2D eigenvalue weighted by molar-refractivity contribution is 6.30. The molecule has 0 atom stereocenters. The fourth-order valence-corrected chi connectivity index (χ4v) is 6.15. The first-order chi connectivity index (χ1) is 20.0. The van der Waals surface area contributed by atoms with E-state index in [-0.39, 0.29) is 6.04 Å². The van der Waals surface area contributed by atoms with Crippen molar-refractivity contribution >= 4 is 11.6 Å². The van der Waals surface area contributed by atoms with Crippen LogP contribution in [-0.4, -0.2) is 40.5 Å². The zero-order valence-electron chi connectivity index (χ0n) is 23.0. The maximum Gasteiger partial charge on any atom is 0.150 e. The van der Waals surface area contributed by atoms with Gasteiger partial charge in [0.15, 0.2) is 0 Å². The molecule has 0 amide bonds. The summed E-state index contributed by atoms with van der Waals surface area (Å²) in [6.45, 7) is 6.36. The van der Waals surface area contributed by atoms with Crippen LogP contribution in [0.4, 0.5) is 8.78 Å². The maximum absolute atomic E-state index is 15.0. The second-order valence-corrected chi connectivity index (χ2v) is 11.1. The van der Waals surface area contributed by atoms with Crippen molar-refractivity contribution in [2.45, 2.75) is 19.5 Å². The van der Waals surface area contributed by atoms with Crippen LogP contribution in [0.25, 0.3) is 16.9 Å². The fraction of sp³-hybridized carbons (Fsp3) is 0.200. The van der Waals surface area contributed by atoms with Gasteiger partial charge in [0.25, 0.3) is 0 Å². The standard InChI is InChI=1S/C35H32ClF2N3/c1-25-22-29(35(28-12-14-30(36)15-13-28)41(25)33-17-16-31(37)23-32(33)38)24-39-18-20-40(21-19-39)34(26-8-4-2-5-9-26)27-10-6-3-7-11-27/h2-17,22-23,34H,18-21,24H2,1H3. The van der Waals surface area contributed by atoms with E-state index < -0.39 is 11.6 Å². The molecular formula is C35H32ClF2N3. The minimum atomic E-state index is -0.591. The predicted molar refractivity (Wildman–Crippen MR) is 162 cm³/mol. The van der Waals surface area contributed by atoms with Gasteiger partial charge in [-0.25, -0.2) is 8.78 Å². The molecule has 1 aliphatic rings. The lowest BCUT2D eigenvalue weighted by Crippen LogP contribution is -2.47. The SMILES string of the molecule is Cc1cc(CN2CCN(C(c3ccccc3)c3ccccc3)CC2)c(-c2ccc(Cl)cc2)n1-c1ccc(F)cc1F. The third kappa shape index (κ3) is 5.84. The fourth-order valence-electron chi connectivity index (χ4n) is 6.03. The second kappa shape index (κ2) is 12.0. The van der Waals surface area contributed by atoms with Crippen LogP contribution in [0.3, 0.4) is 0 Å². The van der Waals surface area contributed by atoms with Crippen molar-refractivity contribution in [2.24, 2.45) is 0 Å². The van der Waals surface area contributed by atoms with Gasteiger partial charge in [-0.05, 0) is 59.5 Å². The molecule has 6 rings (SSSR count). The van der Waals surface area contributed by atoms with Gasteiger partial charge in [-0.2, -0.15) is 0 Å². The summed E-state index contributed by atoms with van der Waals surface area (Å²) < 4.78 is 30.7. The lowest BCUT2D eigenvalue weighted by Gasteiger charge is -2.40. The summed E-state index contributed by atoms with van der Waals surface area (Å²) in [5.41, 5.74) is 6.76. The van der Waals surface area contributed by atoms with Crippen molar-refractivity contribution in [3.05, 3.63) is 148 Å². The van der Waals surface area contributed by atoms with Crippen LogP contribution in [0.5, 0.6) is 0 Å². The van der Waals surface area contributed by atoms with Crippen molar-refractivity contribution in [3.8, 4) is 16.9 Å². The molecule has 3 nitrogen and oxygen atoms in total. The Bertz CT molecular complexity index is 1570. The van der Waals surface area contributed by atoms with Crippen molar-refractivity contribution in [3.63, 3.8) is 0 Å². The Labute approximate surface area is 245 Å². The van der Waals surface area contributed by atoms with E-state index in [1.54, 1.807) is 0 Å². The molecule has 208 valence electrons. The zero-order valence-corrected chi connectivity index (χ0v) is 23.7. The van der Waals surface area contributed by atoms with Crippen LogP contribution in [0, 0.1) is 18.6 Å². The highest BCUT2D eigenvalue weighted by atomic mass is 35.5. The Morgan fingerprint density at radius 1 is 0.732 bits per heavy atom. The van der Waals surface area contributed by atoms with E-state index in [0.717, 1.165) is 61.3 Å². The molecule has 5 aromatic rings. The summed E-state index contributed by atoms with van der Waals surface area (Å²) >= 11 is 6.21. The third-order valence-electron chi connectivity index (χ3n) is 7.93. The molecule has 1 fully saturated rings. The molecule has 0 aliphatic carbocycles. The molecule has 0 radical (unpaired) electrons. The minimum Gasteiger partial charge on any atom is -0.311 e. The Morgan fingerprint density at radius 2 is 1.34 bits per heavy atom. The largest absolute Gasteiger partial charge is 0.311 e. The molecule has 1 aromatic heterocycles. The van der Waals surface area contributed by atoms with Crippen LogP contribution in [0.1, 0.15) is 28.4 Å². The topological polar surface area (TPSA) is 11.4 Å². The van der Waals surface area contributed by atoms with Crippen molar-refractivity contribution in [2.75, 3.05) is 26.2 Å². The van der Waals surface area contributed by atoms with Crippen LogP contribution in [-0.2, 0) is 6.54 Å². The summed E-state index contributed by atoms with van der Waals surface area (Å²) in [6.07, 6.45) is 0. The number of halogens is 3. The number of aryl methyl sites for hydroxylation is 1. The van der Waals surface area contributed by atoms with Crippen LogP contribution in [0.2, 0.25) is 5.02 Å². The van der Waals surface area contributed by atoms with Gasteiger partial charge in [-0.1, -0.05) is 84.4 Å². The molecule has 0 bridgehead atoms. The molecule has 0 saturated carbocycles. The Balaban J connectivity index is 1.28. The first-order valence-corrected chi connectivity index (χ1v) is 14.3. The van der Waals surface area contributed by atoms with Gasteiger partial charge in [0.2, 0.25) is 0 Å². The summed E-state index contributed by atoms with van der Waals surface area (Å²) in [5.74, 6) is -1.18. The number of hydrogen-bond acceptors (Lipinski definition) is 2. The van der Waals surface area contributed by atoms with Crippen molar-refractivity contribution < 1.29 is 8.78 Å². The normalized spacial score (nSPS) is 14.6. The van der Waals surface area contributed by atoms with Gasteiger partial charge in [0, 0.05) is 49.5 Å². The van der Waals surface area contributed by atoms with Crippen LogP contribution < -0.4 is 0 Å². The molecule has 4 aromatic carbocycles. The third-order valence-corrected chi connectivity index (χ3v) is 8.18. The number of piperazine rings is 1. The molecule has 6 heteroatoms. The van der Waals surface area contributed by atoms with Gasteiger partial charge >= 0.3 is 0 Å². The average molecular weight is 568 g/mol. The monoisotopic (exact) mass is 567 g/mol. The summed E-state index contributed by atoms with van der Waals surface area (Å²) in [7, 11) is 0. The van der Waals surface area contributed by atoms with Crippen LogP contribution >= 0.6 is 11.6 Å². The number of benzene rings is 4. The van der Waals surface area contributed by atoms with E-state index in [4.69, 9.17) is 11.6 Å². The van der Waals surface area contributed by atoms with Gasteiger partial charge in [-0.3, -0.25) is 9.80 Å². The molecule has 2 heterocycles. The van der Waals surface area contributed by atoms with Gasteiger partial charge in [0.05, 0.1) is 17.4 Å².